The van der Waals surface area contributed by atoms with Crippen LogP contribution >= 0.6 is 15.9 Å². The fourth-order valence-corrected chi connectivity index (χ4v) is 3.15. The van der Waals surface area contributed by atoms with E-state index in [0.717, 1.165) is 40.8 Å². The molecule has 0 saturated heterocycles. The van der Waals surface area contributed by atoms with Gasteiger partial charge in [0.2, 0.25) is 0 Å². The number of ether oxygens (including phenoxy) is 1. The molecule has 104 valence electrons. The Morgan fingerprint density at radius 2 is 2.05 bits per heavy atom. The van der Waals surface area contributed by atoms with Crippen LogP contribution in [0.15, 0.2) is 40.9 Å². The first-order valence-electron chi connectivity index (χ1n) is 6.92. The molecule has 3 rings (SSSR count). The molecular weight excluding hydrogens is 314 g/mol. The Morgan fingerprint density at radius 3 is 2.90 bits per heavy atom. The summed E-state index contributed by atoms with van der Waals surface area (Å²) in [7, 11) is 0. The maximum Gasteiger partial charge on any atom is 0.122 e. The molecular formula is C17H18BrNO. The summed E-state index contributed by atoms with van der Waals surface area (Å²) in [5.74, 6) is 1.01. The Balaban J connectivity index is 1.97. The molecule has 1 atom stereocenters. The van der Waals surface area contributed by atoms with Crippen LogP contribution in [0.3, 0.4) is 0 Å². The predicted molar refractivity (Wildman–Crippen MR) is 85.2 cm³/mol. The number of nitrogens with two attached hydrogens (primary N) is 1. The number of fused-ring (bicyclic) bond motifs is 1. The minimum absolute atomic E-state index is 0.114. The van der Waals surface area contributed by atoms with Gasteiger partial charge in [-0.25, -0.2) is 0 Å². The molecule has 1 heterocycles. The second kappa shape index (κ2) is 5.58. The van der Waals surface area contributed by atoms with Gasteiger partial charge in [-0.15, -0.1) is 0 Å². The Bertz CT molecular complexity index is 639. The second-order valence-electron chi connectivity index (χ2n) is 5.32. The van der Waals surface area contributed by atoms with Gasteiger partial charge in [0.1, 0.15) is 5.75 Å². The van der Waals surface area contributed by atoms with Gasteiger partial charge in [0.05, 0.1) is 12.6 Å². The lowest BCUT2D eigenvalue weighted by atomic mass is 9.95. The van der Waals surface area contributed by atoms with E-state index in [9.17, 15) is 0 Å². The van der Waals surface area contributed by atoms with E-state index in [-0.39, 0.29) is 6.04 Å². The summed E-state index contributed by atoms with van der Waals surface area (Å²) >= 11 is 3.60. The highest BCUT2D eigenvalue weighted by atomic mass is 79.9. The highest BCUT2D eigenvalue weighted by Gasteiger charge is 2.16. The lowest BCUT2D eigenvalue weighted by molar-refractivity contribution is 0.288. The van der Waals surface area contributed by atoms with Gasteiger partial charge in [-0.2, -0.15) is 0 Å². The summed E-state index contributed by atoms with van der Waals surface area (Å²) in [6, 6.07) is 12.5. The monoisotopic (exact) mass is 331 g/mol. The molecule has 0 aliphatic carbocycles. The zero-order chi connectivity index (χ0) is 14.1. The van der Waals surface area contributed by atoms with Crippen molar-refractivity contribution in [2.45, 2.75) is 25.8 Å². The summed E-state index contributed by atoms with van der Waals surface area (Å²) in [5, 5.41) is 0. The van der Waals surface area contributed by atoms with Crippen LogP contribution in [0.1, 0.15) is 34.7 Å². The van der Waals surface area contributed by atoms with Gasteiger partial charge in [-0.1, -0.05) is 45.8 Å². The van der Waals surface area contributed by atoms with Crippen molar-refractivity contribution >= 4 is 15.9 Å². The topological polar surface area (TPSA) is 35.2 Å². The average Bonchev–Trinajstić information content (AvgIpc) is 2.48. The summed E-state index contributed by atoms with van der Waals surface area (Å²) in [6.07, 6.45) is 2.16. The maximum absolute atomic E-state index is 6.45. The van der Waals surface area contributed by atoms with Crippen LogP contribution in [0.2, 0.25) is 0 Å². The average molecular weight is 332 g/mol. The van der Waals surface area contributed by atoms with Crippen LogP contribution < -0.4 is 10.5 Å². The van der Waals surface area contributed by atoms with Gasteiger partial charge >= 0.3 is 0 Å². The van der Waals surface area contributed by atoms with E-state index < -0.39 is 0 Å². The van der Waals surface area contributed by atoms with Gasteiger partial charge in [0.15, 0.2) is 0 Å². The predicted octanol–water partition coefficient (Wildman–Crippen LogP) is 4.13. The van der Waals surface area contributed by atoms with E-state index in [1.165, 1.54) is 11.1 Å². The Kier molecular flexibility index (Phi) is 3.81. The molecule has 0 amide bonds. The summed E-state index contributed by atoms with van der Waals surface area (Å²) in [5.41, 5.74) is 11.2. The fourth-order valence-electron chi connectivity index (χ4n) is 2.65. The van der Waals surface area contributed by atoms with Gasteiger partial charge in [0.25, 0.3) is 0 Å². The van der Waals surface area contributed by atoms with Crippen LogP contribution in [-0.4, -0.2) is 6.61 Å². The smallest absolute Gasteiger partial charge is 0.122 e. The first-order chi connectivity index (χ1) is 9.65. The highest BCUT2D eigenvalue weighted by molar-refractivity contribution is 9.10. The highest BCUT2D eigenvalue weighted by Crippen LogP contribution is 2.32. The molecule has 1 unspecified atom stereocenters. The Morgan fingerprint density at radius 1 is 1.20 bits per heavy atom. The largest absolute Gasteiger partial charge is 0.493 e. The van der Waals surface area contributed by atoms with Gasteiger partial charge < -0.3 is 10.5 Å². The molecule has 1 aliphatic rings. The van der Waals surface area contributed by atoms with Crippen molar-refractivity contribution in [3.8, 4) is 5.75 Å². The second-order valence-corrected chi connectivity index (χ2v) is 6.18. The van der Waals surface area contributed by atoms with Crippen LogP contribution in [0.4, 0.5) is 0 Å². The Hall–Kier alpha value is -1.32. The zero-order valence-corrected chi connectivity index (χ0v) is 13.1. The van der Waals surface area contributed by atoms with Crippen molar-refractivity contribution in [3.63, 3.8) is 0 Å². The van der Waals surface area contributed by atoms with Crippen molar-refractivity contribution in [1.82, 2.24) is 0 Å². The molecule has 0 saturated carbocycles. The molecule has 0 spiro atoms. The van der Waals surface area contributed by atoms with Crippen LogP contribution in [0.25, 0.3) is 0 Å². The van der Waals surface area contributed by atoms with Crippen LogP contribution in [0.5, 0.6) is 5.75 Å². The van der Waals surface area contributed by atoms with Gasteiger partial charge in [0, 0.05) is 4.47 Å². The van der Waals surface area contributed by atoms with Crippen molar-refractivity contribution in [1.29, 1.82) is 0 Å². The first-order valence-corrected chi connectivity index (χ1v) is 7.72. The lowest BCUT2D eigenvalue weighted by Crippen LogP contribution is -2.15. The third-order valence-corrected chi connectivity index (χ3v) is 4.50. The van der Waals surface area contributed by atoms with E-state index in [1.807, 2.05) is 6.07 Å². The van der Waals surface area contributed by atoms with Crippen molar-refractivity contribution in [2.75, 3.05) is 6.61 Å². The van der Waals surface area contributed by atoms with E-state index in [1.54, 1.807) is 0 Å². The minimum atomic E-state index is -0.114. The molecule has 1 aliphatic heterocycles. The van der Waals surface area contributed by atoms with Crippen molar-refractivity contribution in [2.24, 2.45) is 5.73 Å². The lowest BCUT2D eigenvalue weighted by Gasteiger charge is -2.21. The Labute approximate surface area is 128 Å². The summed E-state index contributed by atoms with van der Waals surface area (Å²) in [4.78, 5) is 0. The van der Waals surface area contributed by atoms with E-state index in [0.29, 0.717) is 0 Å². The maximum atomic E-state index is 6.45. The van der Waals surface area contributed by atoms with Crippen LogP contribution in [0, 0.1) is 6.92 Å². The SMILES string of the molecule is Cc1ccc(Br)c(C(N)c2ccc3c(c2)CCCO3)c1. The fraction of sp³-hybridized carbons (Fsp3) is 0.294. The molecule has 20 heavy (non-hydrogen) atoms. The normalized spacial score (nSPS) is 15.3. The van der Waals surface area contributed by atoms with Crippen molar-refractivity contribution < 1.29 is 4.74 Å². The minimum Gasteiger partial charge on any atom is -0.493 e. The third-order valence-electron chi connectivity index (χ3n) is 3.78. The molecule has 0 fully saturated rings. The molecule has 2 nitrogen and oxygen atoms in total. The number of benzene rings is 2. The van der Waals surface area contributed by atoms with Crippen molar-refractivity contribution in [3.05, 3.63) is 63.1 Å². The molecule has 0 aromatic heterocycles. The standard InChI is InChI=1S/C17H18BrNO/c1-11-4-6-15(18)14(9-11)17(19)13-5-7-16-12(10-13)3-2-8-20-16/h4-7,9-10,17H,2-3,8,19H2,1H3. The summed E-state index contributed by atoms with van der Waals surface area (Å²) in [6.45, 7) is 2.91. The quantitative estimate of drug-likeness (QED) is 0.897. The number of aryl methyl sites for hydroxylation is 2. The molecule has 2 N–H and O–H groups in total. The number of hydrogen-bond acceptors (Lipinski definition) is 2. The van der Waals surface area contributed by atoms with E-state index in [4.69, 9.17) is 10.5 Å². The molecule has 0 bridgehead atoms. The van der Waals surface area contributed by atoms with E-state index in [2.05, 4.69) is 53.2 Å². The van der Waals surface area contributed by atoms with Gasteiger partial charge in [-0.05, 0) is 48.6 Å². The molecule has 3 heteroatoms. The zero-order valence-electron chi connectivity index (χ0n) is 11.5. The number of rotatable bonds is 2. The molecule has 2 aromatic carbocycles. The summed E-state index contributed by atoms with van der Waals surface area (Å²) < 4.78 is 6.72. The number of halogens is 1. The van der Waals surface area contributed by atoms with Gasteiger partial charge in [-0.3, -0.25) is 0 Å². The molecule has 0 radical (unpaired) electrons. The molecule has 2 aromatic rings. The number of hydrogen-bond donors (Lipinski definition) is 1. The van der Waals surface area contributed by atoms with E-state index >= 15 is 0 Å². The van der Waals surface area contributed by atoms with Crippen LogP contribution in [-0.2, 0) is 6.42 Å². The third kappa shape index (κ3) is 2.60. The first kappa shape index (κ1) is 13.7.